The number of esters is 1. The molecule has 8 heteroatoms. The smallest absolute Gasteiger partial charge is 0.377 e. The largest absolute Gasteiger partial charge is 0.493 e. The highest BCUT2D eigenvalue weighted by molar-refractivity contribution is 5.89. The van der Waals surface area contributed by atoms with E-state index in [4.69, 9.17) is 23.7 Å². The Morgan fingerprint density at radius 3 is 2.83 bits per heavy atom. The summed E-state index contributed by atoms with van der Waals surface area (Å²) < 4.78 is 25.6. The zero-order valence-corrected chi connectivity index (χ0v) is 13.1. The van der Waals surface area contributed by atoms with Crippen molar-refractivity contribution >= 4 is 11.9 Å². The third-order valence-electron chi connectivity index (χ3n) is 3.41. The number of hydrogen-bond acceptors (Lipinski definition) is 7. The van der Waals surface area contributed by atoms with Crippen LogP contribution >= 0.6 is 0 Å². The summed E-state index contributed by atoms with van der Waals surface area (Å²) in [6.07, 6.45) is 0.223. The predicted octanol–water partition coefficient (Wildman–Crippen LogP) is 0.851. The summed E-state index contributed by atoms with van der Waals surface area (Å²) in [5, 5.41) is 2.69. The second kappa shape index (κ2) is 7.12. The third-order valence-corrected chi connectivity index (χ3v) is 3.41. The standard InChI is InChI=1S/C16H17NO7/c1-10(24-16(19)14-8-20-4-5-21-14)15(18)17-7-11-2-3-12-13(6-11)23-9-22-12/h2-3,6,8,10H,4-5,7,9H2,1H3,(H,17,18)/t10-/m0/s1. The lowest BCUT2D eigenvalue weighted by Crippen LogP contribution is -2.36. The van der Waals surface area contributed by atoms with Gasteiger partial charge in [-0.2, -0.15) is 0 Å². The lowest BCUT2D eigenvalue weighted by molar-refractivity contribution is -0.155. The maximum atomic E-state index is 12.0. The minimum Gasteiger partial charge on any atom is -0.493 e. The number of carbonyl (C=O) groups is 2. The molecule has 1 aromatic rings. The molecule has 2 aliphatic heterocycles. The molecule has 0 aromatic heterocycles. The summed E-state index contributed by atoms with van der Waals surface area (Å²) >= 11 is 0. The van der Waals surface area contributed by atoms with Gasteiger partial charge in [0, 0.05) is 6.54 Å². The van der Waals surface area contributed by atoms with Crippen molar-refractivity contribution in [3.8, 4) is 11.5 Å². The number of fused-ring (bicyclic) bond motifs is 1. The summed E-state index contributed by atoms with van der Waals surface area (Å²) in [7, 11) is 0. The van der Waals surface area contributed by atoms with Gasteiger partial charge < -0.3 is 29.0 Å². The zero-order valence-electron chi connectivity index (χ0n) is 13.1. The minimum absolute atomic E-state index is 0.0447. The van der Waals surface area contributed by atoms with Crippen molar-refractivity contribution < 1.29 is 33.3 Å². The van der Waals surface area contributed by atoms with E-state index in [1.807, 2.05) is 6.07 Å². The Morgan fingerprint density at radius 2 is 2.04 bits per heavy atom. The molecule has 0 aliphatic carbocycles. The second-order valence-corrected chi connectivity index (χ2v) is 5.15. The van der Waals surface area contributed by atoms with Gasteiger partial charge in [0.1, 0.15) is 19.5 Å². The van der Waals surface area contributed by atoms with Crippen molar-refractivity contribution in [3.63, 3.8) is 0 Å². The number of rotatable bonds is 5. The Morgan fingerprint density at radius 1 is 1.21 bits per heavy atom. The molecule has 24 heavy (non-hydrogen) atoms. The molecule has 0 unspecified atom stereocenters. The third kappa shape index (κ3) is 3.70. The molecular formula is C16H17NO7. The van der Waals surface area contributed by atoms with E-state index >= 15 is 0 Å². The molecular weight excluding hydrogens is 318 g/mol. The van der Waals surface area contributed by atoms with Crippen molar-refractivity contribution in [3.05, 3.63) is 35.8 Å². The van der Waals surface area contributed by atoms with E-state index in [9.17, 15) is 9.59 Å². The molecule has 3 rings (SSSR count). The van der Waals surface area contributed by atoms with Crippen molar-refractivity contribution in [2.45, 2.75) is 19.6 Å². The minimum atomic E-state index is -0.960. The van der Waals surface area contributed by atoms with Gasteiger partial charge in [-0.3, -0.25) is 4.79 Å². The molecule has 1 atom stereocenters. The van der Waals surface area contributed by atoms with E-state index in [0.29, 0.717) is 18.1 Å². The molecule has 2 aliphatic rings. The van der Waals surface area contributed by atoms with Crippen LogP contribution in [0.15, 0.2) is 30.2 Å². The van der Waals surface area contributed by atoms with Crippen LogP contribution in [0.1, 0.15) is 12.5 Å². The second-order valence-electron chi connectivity index (χ2n) is 5.15. The van der Waals surface area contributed by atoms with Gasteiger partial charge in [0.2, 0.25) is 12.6 Å². The van der Waals surface area contributed by atoms with Gasteiger partial charge >= 0.3 is 5.97 Å². The number of amides is 1. The van der Waals surface area contributed by atoms with E-state index in [1.54, 1.807) is 12.1 Å². The van der Waals surface area contributed by atoms with Crippen LogP contribution in [0.3, 0.4) is 0 Å². The van der Waals surface area contributed by atoms with Crippen molar-refractivity contribution in [1.29, 1.82) is 0 Å². The summed E-state index contributed by atoms with van der Waals surface area (Å²) in [5.74, 6) is 0.119. The van der Waals surface area contributed by atoms with Crippen LogP contribution in [-0.4, -0.2) is 38.0 Å². The van der Waals surface area contributed by atoms with Gasteiger partial charge in [0.25, 0.3) is 5.91 Å². The lowest BCUT2D eigenvalue weighted by Gasteiger charge is -2.17. The molecule has 128 valence electrons. The summed E-state index contributed by atoms with van der Waals surface area (Å²) in [4.78, 5) is 23.8. The average Bonchev–Trinajstić information content (AvgIpc) is 3.08. The summed E-state index contributed by atoms with van der Waals surface area (Å²) in [5.41, 5.74) is 0.845. The first kappa shape index (κ1) is 16.0. The highest BCUT2D eigenvalue weighted by Crippen LogP contribution is 2.32. The number of hydrogen-bond donors (Lipinski definition) is 1. The number of ether oxygens (including phenoxy) is 5. The molecule has 0 bridgehead atoms. The number of benzene rings is 1. The Hall–Kier alpha value is -2.90. The van der Waals surface area contributed by atoms with E-state index in [-0.39, 0.29) is 25.7 Å². The molecule has 2 heterocycles. The van der Waals surface area contributed by atoms with Gasteiger partial charge in [-0.25, -0.2) is 4.79 Å². The van der Waals surface area contributed by atoms with Crippen LogP contribution in [0.5, 0.6) is 11.5 Å². The maximum Gasteiger partial charge on any atom is 0.377 e. The van der Waals surface area contributed by atoms with Gasteiger partial charge in [-0.05, 0) is 24.6 Å². The van der Waals surface area contributed by atoms with Crippen LogP contribution in [0, 0.1) is 0 Å². The van der Waals surface area contributed by atoms with Crippen molar-refractivity contribution in [2.75, 3.05) is 20.0 Å². The monoisotopic (exact) mass is 335 g/mol. The van der Waals surface area contributed by atoms with Crippen LogP contribution in [-0.2, 0) is 30.3 Å². The highest BCUT2D eigenvalue weighted by Gasteiger charge is 2.23. The number of nitrogens with one attached hydrogen (secondary N) is 1. The van der Waals surface area contributed by atoms with E-state index in [1.165, 1.54) is 13.2 Å². The Kier molecular flexibility index (Phi) is 4.74. The molecule has 0 spiro atoms. The summed E-state index contributed by atoms with van der Waals surface area (Å²) in [6.45, 7) is 2.60. The zero-order chi connectivity index (χ0) is 16.9. The van der Waals surface area contributed by atoms with E-state index in [2.05, 4.69) is 5.32 Å². The SMILES string of the molecule is C[C@H](OC(=O)C1=COCCO1)C(=O)NCc1ccc2c(c1)OCO2. The van der Waals surface area contributed by atoms with Crippen molar-refractivity contribution in [1.82, 2.24) is 5.32 Å². The molecule has 0 saturated heterocycles. The van der Waals surface area contributed by atoms with E-state index < -0.39 is 18.0 Å². The topological polar surface area (TPSA) is 92.3 Å². The molecule has 1 aromatic carbocycles. The van der Waals surface area contributed by atoms with Crippen molar-refractivity contribution in [2.24, 2.45) is 0 Å². The van der Waals surface area contributed by atoms with Gasteiger partial charge in [-0.1, -0.05) is 6.07 Å². The fourth-order valence-electron chi connectivity index (χ4n) is 2.13. The van der Waals surface area contributed by atoms with Gasteiger partial charge in [0.05, 0.1) is 0 Å². The first-order valence-corrected chi connectivity index (χ1v) is 7.45. The van der Waals surface area contributed by atoms with Gasteiger partial charge in [-0.15, -0.1) is 0 Å². The Balaban J connectivity index is 1.49. The van der Waals surface area contributed by atoms with Crippen LogP contribution < -0.4 is 14.8 Å². The van der Waals surface area contributed by atoms with Crippen LogP contribution in [0.2, 0.25) is 0 Å². The molecule has 0 fully saturated rings. The fraction of sp³-hybridized carbons (Fsp3) is 0.375. The fourth-order valence-corrected chi connectivity index (χ4v) is 2.13. The molecule has 8 nitrogen and oxygen atoms in total. The van der Waals surface area contributed by atoms with E-state index in [0.717, 1.165) is 5.56 Å². The lowest BCUT2D eigenvalue weighted by atomic mass is 10.2. The first-order valence-electron chi connectivity index (χ1n) is 7.45. The molecule has 1 amide bonds. The average molecular weight is 335 g/mol. The first-order chi connectivity index (χ1) is 11.6. The maximum absolute atomic E-state index is 12.0. The normalized spacial score (nSPS) is 16.3. The van der Waals surface area contributed by atoms with Crippen LogP contribution in [0.4, 0.5) is 0 Å². The predicted molar refractivity (Wildman–Crippen MR) is 80.0 cm³/mol. The van der Waals surface area contributed by atoms with Gasteiger partial charge in [0.15, 0.2) is 17.6 Å². The molecule has 0 radical (unpaired) electrons. The Bertz CT molecular complexity index is 670. The highest BCUT2D eigenvalue weighted by atomic mass is 16.7. The quantitative estimate of drug-likeness (QED) is 0.798. The Labute approximate surface area is 138 Å². The summed E-state index contributed by atoms with van der Waals surface area (Å²) in [6, 6.07) is 5.39. The van der Waals surface area contributed by atoms with Crippen LogP contribution in [0.25, 0.3) is 0 Å². The molecule has 0 saturated carbocycles. The molecule has 1 N–H and O–H groups in total. The number of carbonyl (C=O) groups excluding carboxylic acids is 2.